The van der Waals surface area contributed by atoms with E-state index in [-0.39, 0.29) is 29.1 Å². The standard InChI is InChI=1S/C27H39F5O6S/c1-15(4-9-22(34)38-23(26(28,29)30)27(31,32)39(35,36)37)19-7-8-20-18-6-5-16-14-17(33)10-12-24(16,2)21(18)11-13-25(19,20)3/h15-16,18-21,23H,4-14H2,1-3H3,(H,35,36,37)/t15-,16?,18+,19-,20+,21+,23?,24+,25-/m1/s1. The maximum Gasteiger partial charge on any atom is 0.432 e. The van der Waals surface area contributed by atoms with E-state index >= 15 is 0 Å². The molecule has 4 aliphatic carbocycles. The number of ether oxygens (including phenoxy) is 1. The fourth-order valence-electron chi connectivity index (χ4n) is 9.22. The maximum absolute atomic E-state index is 13.8. The van der Waals surface area contributed by atoms with E-state index in [4.69, 9.17) is 4.55 Å². The molecule has 4 saturated carbocycles. The van der Waals surface area contributed by atoms with Gasteiger partial charge in [0.15, 0.2) is 0 Å². The van der Waals surface area contributed by atoms with Crippen LogP contribution >= 0.6 is 0 Å². The summed E-state index contributed by atoms with van der Waals surface area (Å²) in [5.41, 5.74) is 0.162. The van der Waals surface area contributed by atoms with E-state index in [1.54, 1.807) is 0 Å². The summed E-state index contributed by atoms with van der Waals surface area (Å²) in [5, 5.41) is -5.72. The molecule has 0 spiro atoms. The van der Waals surface area contributed by atoms with Crippen molar-refractivity contribution < 1.29 is 49.2 Å². The van der Waals surface area contributed by atoms with Gasteiger partial charge in [-0.25, -0.2) is 0 Å². The van der Waals surface area contributed by atoms with Gasteiger partial charge in [0.2, 0.25) is 0 Å². The fourth-order valence-corrected chi connectivity index (χ4v) is 9.67. The predicted octanol–water partition coefficient (Wildman–Crippen LogP) is 6.59. The largest absolute Gasteiger partial charge is 0.445 e. The highest BCUT2D eigenvalue weighted by Crippen LogP contribution is 2.68. The molecule has 4 rings (SSSR count). The van der Waals surface area contributed by atoms with Gasteiger partial charge in [0.25, 0.3) is 6.10 Å². The Labute approximate surface area is 226 Å². The second kappa shape index (κ2) is 10.2. The first-order valence-electron chi connectivity index (χ1n) is 13.9. The summed E-state index contributed by atoms with van der Waals surface area (Å²) in [6.07, 6.45) is -2.25. The third-order valence-corrected chi connectivity index (χ3v) is 12.1. The van der Waals surface area contributed by atoms with Crippen LogP contribution in [-0.2, 0) is 24.4 Å². The number of alkyl halides is 5. The van der Waals surface area contributed by atoms with E-state index in [0.29, 0.717) is 42.3 Å². The molecule has 6 nitrogen and oxygen atoms in total. The Balaban J connectivity index is 1.40. The Kier molecular flexibility index (Phi) is 8.02. The highest BCUT2D eigenvalue weighted by molar-refractivity contribution is 7.86. The molecule has 9 atom stereocenters. The van der Waals surface area contributed by atoms with Crippen LogP contribution in [0.3, 0.4) is 0 Å². The van der Waals surface area contributed by atoms with Crippen molar-refractivity contribution in [3.63, 3.8) is 0 Å². The third-order valence-electron chi connectivity index (χ3n) is 11.2. The Morgan fingerprint density at radius 3 is 2.28 bits per heavy atom. The fraction of sp³-hybridized carbons (Fsp3) is 0.926. The zero-order valence-electron chi connectivity index (χ0n) is 22.6. The first kappa shape index (κ1) is 30.7. The molecule has 12 heteroatoms. The van der Waals surface area contributed by atoms with Gasteiger partial charge in [-0.2, -0.15) is 30.4 Å². The lowest BCUT2D eigenvalue weighted by atomic mass is 9.44. The van der Waals surface area contributed by atoms with E-state index in [1.165, 1.54) is 0 Å². The molecule has 0 amide bonds. The first-order chi connectivity index (χ1) is 17.8. The molecule has 0 heterocycles. The number of carbonyl (C=O) groups is 2. The number of hydrogen-bond donors (Lipinski definition) is 1. The lowest BCUT2D eigenvalue weighted by Crippen LogP contribution is -2.53. The van der Waals surface area contributed by atoms with Gasteiger partial charge in [-0.3, -0.25) is 14.1 Å². The average molecular weight is 587 g/mol. The molecule has 2 unspecified atom stereocenters. The van der Waals surface area contributed by atoms with E-state index in [2.05, 4.69) is 18.6 Å². The first-order valence-corrected chi connectivity index (χ1v) is 15.4. The number of ketones is 1. The van der Waals surface area contributed by atoms with Crippen LogP contribution in [0.5, 0.6) is 0 Å². The molecule has 0 aromatic rings. The van der Waals surface area contributed by atoms with Crippen molar-refractivity contribution in [3.8, 4) is 0 Å². The van der Waals surface area contributed by atoms with Crippen LogP contribution in [0.4, 0.5) is 22.0 Å². The second-order valence-electron chi connectivity index (χ2n) is 13.1. The molecule has 0 aromatic carbocycles. The minimum atomic E-state index is -6.47. The summed E-state index contributed by atoms with van der Waals surface area (Å²) in [6, 6.07) is 0. The molecule has 1 N–H and O–H groups in total. The highest BCUT2D eigenvalue weighted by atomic mass is 32.2. The molecule has 0 bridgehead atoms. The van der Waals surface area contributed by atoms with Crippen molar-refractivity contribution in [3.05, 3.63) is 0 Å². The molecule has 224 valence electrons. The van der Waals surface area contributed by atoms with Crippen LogP contribution in [-0.4, -0.2) is 42.3 Å². The number of rotatable bonds is 7. The number of esters is 1. The van der Waals surface area contributed by atoms with E-state index < -0.39 is 40.0 Å². The second-order valence-corrected chi connectivity index (χ2v) is 14.6. The van der Waals surface area contributed by atoms with Crippen LogP contribution in [0.2, 0.25) is 0 Å². The van der Waals surface area contributed by atoms with Crippen LogP contribution in [0.1, 0.15) is 91.4 Å². The van der Waals surface area contributed by atoms with E-state index in [1.807, 2.05) is 6.92 Å². The Hall–Kier alpha value is -1.30. The van der Waals surface area contributed by atoms with Gasteiger partial charge < -0.3 is 4.74 Å². The monoisotopic (exact) mass is 586 g/mol. The SMILES string of the molecule is C[C@H](CCC(=O)OC(C(F)(F)F)C(F)(F)S(=O)(=O)O)[C@H]1CC[C@H]2[C@@H]3CCC4CC(=O)CC[C@]4(C)[C@H]3CC[C@]12C. The number of hydrogen-bond acceptors (Lipinski definition) is 5. The van der Waals surface area contributed by atoms with Gasteiger partial charge in [-0.1, -0.05) is 20.8 Å². The summed E-state index contributed by atoms with van der Waals surface area (Å²) in [5.74, 6) is 0.935. The maximum atomic E-state index is 13.8. The van der Waals surface area contributed by atoms with Crippen molar-refractivity contribution in [2.45, 2.75) is 109 Å². The molecule has 39 heavy (non-hydrogen) atoms. The molecule has 0 aromatic heterocycles. The van der Waals surface area contributed by atoms with Gasteiger partial charge >= 0.3 is 27.5 Å². The minimum absolute atomic E-state index is 0.00925. The average Bonchev–Trinajstić information content (AvgIpc) is 3.17. The third kappa shape index (κ3) is 5.37. The van der Waals surface area contributed by atoms with Crippen LogP contribution in [0.15, 0.2) is 0 Å². The Morgan fingerprint density at radius 1 is 1.03 bits per heavy atom. The molecule has 0 aliphatic heterocycles. The number of fused-ring (bicyclic) bond motifs is 5. The summed E-state index contributed by atoms with van der Waals surface area (Å²) < 4.78 is 101. The smallest absolute Gasteiger partial charge is 0.432 e. The van der Waals surface area contributed by atoms with E-state index in [9.17, 15) is 40.0 Å². The molecule has 4 aliphatic rings. The zero-order chi connectivity index (χ0) is 29.2. The molecule has 0 radical (unpaired) electrons. The quantitative estimate of drug-likeness (QED) is 0.206. The van der Waals surface area contributed by atoms with Crippen molar-refractivity contribution in [1.29, 1.82) is 0 Å². The van der Waals surface area contributed by atoms with Gasteiger partial charge in [0, 0.05) is 19.3 Å². The van der Waals surface area contributed by atoms with E-state index in [0.717, 1.165) is 44.9 Å². The summed E-state index contributed by atoms with van der Waals surface area (Å²) in [6.45, 7) is 6.55. The Bertz CT molecular complexity index is 1080. The molecular weight excluding hydrogens is 547 g/mol. The van der Waals surface area contributed by atoms with Crippen LogP contribution < -0.4 is 0 Å². The van der Waals surface area contributed by atoms with Crippen molar-refractivity contribution >= 4 is 21.9 Å². The van der Waals surface area contributed by atoms with Crippen molar-refractivity contribution in [1.82, 2.24) is 0 Å². The molecular formula is C27H39F5O6S. The predicted molar refractivity (Wildman–Crippen MR) is 131 cm³/mol. The summed E-state index contributed by atoms with van der Waals surface area (Å²) in [4.78, 5) is 24.3. The lowest BCUT2D eigenvalue weighted by molar-refractivity contribution is -0.259. The van der Waals surface area contributed by atoms with Crippen molar-refractivity contribution in [2.24, 2.45) is 46.3 Å². The number of Topliss-reactive ketones (excluding diaryl/α,β-unsaturated/α-hetero) is 1. The normalized spacial score (nSPS) is 38.8. The number of halogens is 5. The molecule has 0 saturated heterocycles. The van der Waals surface area contributed by atoms with Crippen LogP contribution in [0.25, 0.3) is 0 Å². The van der Waals surface area contributed by atoms with Crippen molar-refractivity contribution in [2.75, 3.05) is 0 Å². The highest BCUT2D eigenvalue weighted by Gasteiger charge is 2.66. The molecule has 4 fully saturated rings. The summed E-state index contributed by atoms with van der Waals surface area (Å²) in [7, 11) is -6.47. The Morgan fingerprint density at radius 2 is 1.67 bits per heavy atom. The van der Waals surface area contributed by atoms with Gasteiger partial charge in [-0.15, -0.1) is 0 Å². The lowest BCUT2D eigenvalue weighted by Gasteiger charge is -2.60. The minimum Gasteiger partial charge on any atom is -0.445 e. The van der Waals surface area contributed by atoms with Gasteiger partial charge in [0.05, 0.1) is 0 Å². The number of carbonyl (C=O) groups excluding carboxylic acids is 2. The summed E-state index contributed by atoms with van der Waals surface area (Å²) >= 11 is 0. The van der Waals surface area contributed by atoms with Gasteiger partial charge in [-0.05, 0) is 97.7 Å². The van der Waals surface area contributed by atoms with Crippen LogP contribution in [0, 0.1) is 46.3 Å². The topological polar surface area (TPSA) is 97.7 Å². The zero-order valence-corrected chi connectivity index (χ0v) is 23.4. The van der Waals surface area contributed by atoms with Gasteiger partial charge in [0.1, 0.15) is 5.78 Å².